The van der Waals surface area contributed by atoms with Crippen molar-refractivity contribution in [1.29, 1.82) is 0 Å². The van der Waals surface area contributed by atoms with Gasteiger partial charge in [-0.1, -0.05) is 23.7 Å². The topological polar surface area (TPSA) is 137 Å². The molecule has 1 aromatic carbocycles. The molecule has 0 aliphatic heterocycles. The normalized spacial score (nSPS) is 13.2. The molecule has 1 heterocycles. The second-order valence-electron chi connectivity index (χ2n) is 4.44. The highest BCUT2D eigenvalue weighted by atomic mass is 32.1. The number of fused-ring (bicyclic) bond motifs is 1. The van der Waals surface area contributed by atoms with Crippen molar-refractivity contribution < 1.29 is 28.7 Å². The highest BCUT2D eigenvalue weighted by molar-refractivity contribution is 7.70. The van der Waals surface area contributed by atoms with Crippen LogP contribution in [0.15, 0.2) is 29.1 Å². The molecule has 0 amide bonds. The van der Waals surface area contributed by atoms with Gasteiger partial charge >= 0.3 is 15.2 Å². The molecule has 0 atom stereocenters. The third-order valence-corrected chi connectivity index (χ3v) is 7.92. The molecule has 21 heavy (non-hydrogen) atoms. The van der Waals surface area contributed by atoms with Gasteiger partial charge in [0.1, 0.15) is 0 Å². The second kappa shape index (κ2) is 5.78. The Bertz CT molecular complexity index is 779. The van der Waals surface area contributed by atoms with E-state index in [0.29, 0.717) is 10.1 Å². The minimum Gasteiger partial charge on any atom is -0.324 e. The van der Waals surface area contributed by atoms with Gasteiger partial charge in [-0.25, -0.2) is 0 Å². The number of benzene rings is 1. The first-order valence-corrected chi connectivity index (χ1v) is 9.93. The van der Waals surface area contributed by atoms with E-state index in [1.165, 1.54) is 3.96 Å². The zero-order valence-corrected chi connectivity index (χ0v) is 13.2. The van der Waals surface area contributed by atoms with Gasteiger partial charge in [0, 0.05) is 6.54 Å². The lowest BCUT2D eigenvalue weighted by atomic mass is 10.3. The fraction of sp³-hybridized carbons (Fsp3) is 0.300. The van der Waals surface area contributed by atoms with E-state index in [1.807, 2.05) is 0 Å². The van der Waals surface area contributed by atoms with Crippen molar-refractivity contribution in [3.8, 4) is 0 Å². The maximum Gasteiger partial charge on any atom is 0.340 e. The first kappa shape index (κ1) is 16.6. The van der Waals surface area contributed by atoms with Crippen LogP contribution in [0.5, 0.6) is 0 Å². The third kappa shape index (κ3) is 3.70. The molecule has 1 aromatic heterocycles. The summed E-state index contributed by atoms with van der Waals surface area (Å²) in [5.74, 6) is 0. The lowest BCUT2D eigenvalue weighted by molar-refractivity contribution is 0.333. The Labute approximate surface area is 123 Å². The van der Waals surface area contributed by atoms with E-state index in [2.05, 4.69) is 0 Å². The molecule has 0 bridgehead atoms. The van der Waals surface area contributed by atoms with Crippen molar-refractivity contribution in [1.82, 2.24) is 3.96 Å². The van der Waals surface area contributed by atoms with Crippen LogP contribution >= 0.6 is 26.7 Å². The Morgan fingerprint density at radius 1 is 1.10 bits per heavy atom. The summed E-state index contributed by atoms with van der Waals surface area (Å²) < 4.78 is 24.3. The minimum absolute atomic E-state index is 0.168. The van der Waals surface area contributed by atoms with Crippen molar-refractivity contribution >= 4 is 36.8 Å². The monoisotopic (exact) mass is 353 g/mol. The highest BCUT2D eigenvalue weighted by Crippen LogP contribution is 2.61. The van der Waals surface area contributed by atoms with Crippen LogP contribution in [0.1, 0.15) is 6.42 Å². The van der Waals surface area contributed by atoms with Crippen molar-refractivity contribution in [2.24, 2.45) is 0 Å². The quantitative estimate of drug-likeness (QED) is 0.591. The maximum atomic E-state index is 12.0. The maximum absolute atomic E-state index is 12.0. The van der Waals surface area contributed by atoms with E-state index in [1.54, 1.807) is 24.3 Å². The number of hydrogen-bond acceptors (Lipinski definition) is 4. The average molecular weight is 353 g/mol. The Hall–Kier alpha value is -0.790. The van der Waals surface area contributed by atoms with Crippen LogP contribution in [-0.2, 0) is 15.7 Å². The van der Waals surface area contributed by atoms with E-state index in [0.717, 1.165) is 11.5 Å². The number of aromatic nitrogens is 1. The molecule has 11 heteroatoms. The van der Waals surface area contributed by atoms with E-state index in [-0.39, 0.29) is 12.1 Å². The third-order valence-electron chi connectivity index (χ3n) is 2.92. The fourth-order valence-corrected chi connectivity index (χ4v) is 5.41. The van der Waals surface area contributed by atoms with Crippen molar-refractivity contribution in [3.63, 3.8) is 0 Å². The van der Waals surface area contributed by atoms with Crippen LogP contribution in [0.3, 0.4) is 0 Å². The molecule has 2 aromatic rings. The van der Waals surface area contributed by atoms with E-state index < -0.39 is 27.0 Å². The lowest BCUT2D eigenvalue weighted by Crippen LogP contribution is -2.18. The van der Waals surface area contributed by atoms with Gasteiger partial charge in [0.05, 0.1) is 10.1 Å². The molecule has 0 fully saturated rings. The van der Waals surface area contributed by atoms with Crippen LogP contribution < -0.4 is 5.56 Å². The van der Waals surface area contributed by atoms with Gasteiger partial charge in [0.2, 0.25) is 0 Å². The summed E-state index contributed by atoms with van der Waals surface area (Å²) in [6.45, 7) is -0.168. The Balaban J connectivity index is 2.28. The van der Waals surface area contributed by atoms with Crippen molar-refractivity contribution in [2.45, 2.75) is 18.4 Å². The molecule has 0 spiro atoms. The zero-order valence-electron chi connectivity index (χ0n) is 10.6. The van der Waals surface area contributed by atoms with E-state index in [9.17, 15) is 13.9 Å². The summed E-state index contributed by atoms with van der Waals surface area (Å²) in [4.78, 5) is 48.2. The van der Waals surface area contributed by atoms with Gasteiger partial charge in [-0.3, -0.25) is 17.9 Å². The van der Waals surface area contributed by atoms with Crippen LogP contribution in [0, 0.1) is 0 Å². The van der Waals surface area contributed by atoms with Gasteiger partial charge in [-0.2, -0.15) is 0 Å². The second-order valence-corrected chi connectivity index (χ2v) is 9.52. The summed E-state index contributed by atoms with van der Waals surface area (Å²) in [6, 6.07) is 6.78. The van der Waals surface area contributed by atoms with Gasteiger partial charge in [-0.05, 0) is 18.6 Å². The van der Waals surface area contributed by atoms with Crippen LogP contribution in [0.2, 0.25) is 0 Å². The summed E-state index contributed by atoms with van der Waals surface area (Å²) in [5.41, 5.74) is -0.342. The molecule has 0 aliphatic rings. The molecule has 116 valence electrons. The number of aryl methyl sites for hydroxylation is 1. The van der Waals surface area contributed by atoms with E-state index in [4.69, 9.17) is 19.6 Å². The molecule has 0 radical (unpaired) electrons. The number of hydrogen-bond donors (Lipinski definition) is 4. The Kier molecular flexibility index (Phi) is 4.56. The van der Waals surface area contributed by atoms with Gasteiger partial charge in [-0.15, -0.1) is 0 Å². The molecule has 0 saturated carbocycles. The van der Waals surface area contributed by atoms with Gasteiger partial charge < -0.3 is 19.6 Å². The molecule has 0 saturated heterocycles. The van der Waals surface area contributed by atoms with Crippen molar-refractivity contribution in [2.75, 3.05) is 0 Å². The average Bonchev–Trinajstić information content (AvgIpc) is 2.64. The van der Waals surface area contributed by atoms with Crippen LogP contribution in [-0.4, -0.2) is 28.9 Å². The first-order chi connectivity index (χ1) is 9.60. The van der Waals surface area contributed by atoms with Crippen LogP contribution in [0.25, 0.3) is 10.1 Å². The zero-order chi connectivity index (χ0) is 15.8. The molecular formula is C10H13NO7P2S. The summed E-state index contributed by atoms with van der Waals surface area (Å²) in [7, 11) is -9.92. The number of nitrogens with zero attached hydrogens (tertiary/aromatic N) is 1. The predicted octanol–water partition coefficient (Wildman–Crippen LogP) is 1.13. The number of rotatable bonds is 5. The SMILES string of the molecule is O=c1c2ccccc2sn1CCC(P(=O)(O)O)P(=O)(O)O. The molecule has 8 nitrogen and oxygen atoms in total. The van der Waals surface area contributed by atoms with E-state index >= 15 is 0 Å². The smallest absolute Gasteiger partial charge is 0.324 e. The fourth-order valence-electron chi connectivity index (χ4n) is 1.93. The predicted molar refractivity (Wildman–Crippen MR) is 78.6 cm³/mol. The lowest BCUT2D eigenvalue weighted by Gasteiger charge is -2.19. The first-order valence-electron chi connectivity index (χ1n) is 5.80. The summed E-state index contributed by atoms with van der Waals surface area (Å²) in [5, 5.41) is -1.63. The van der Waals surface area contributed by atoms with Gasteiger partial charge in [0.15, 0.2) is 5.40 Å². The largest absolute Gasteiger partial charge is 0.340 e. The molecule has 2 rings (SSSR count). The Morgan fingerprint density at radius 3 is 2.19 bits per heavy atom. The molecule has 4 N–H and O–H groups in total. The summed E-state index contributed by atoms with van der Waals surface area (Å²) in [6.07, 6.45) is -0.485. The van der Waals surface area contributed by atoms with Gasteiger partial charge in [0.25, 0.3) is 5.56 Å². The van der Waals surface area contributed by atoms with Crippen molar-refractivity contribution in [3.05, 3.63) is 34.6 Å². The van der Waals surface area contributed by atoms with Crippen LogP contribution in [0.4, 0.5) is 0 Å². The highest BCUT2D eigenvalue weighted by Gasteiger charge is 2.42. The molecule has 0 unspecified atom stereocenters. The molecule has 0 aliphatic carbocycles. The summed E-state index contributed by atoms with van der Waals surface area (Å²) >= 11 is 1.09. The minimum atomic E-state index is -4.96. The Morgan fingerprint density at radius 2 is 1.67 bits per heavy atom. The molecular weight excluding hydrogens is 340 g/mol. The standard InChI is InChI=1S/C10H13NO7P2S/c12-10-7-3-1-2-4-8(7)21-11(10)6-5-9(19(13,14)15)20(16,17)18/h1-4,9H,5-6H2,(H2,13,14,15)(H2,16,17,18).